The first kappa shape index (κ1) is 13.5. The van der Waals surface area contributed by atoms with E-state index in [0.29, 0.717) is 6.04 Å². The minimum atomic E-state index is -0.148. The molecule has 0 aromatic heterocycles. The van der Waals surface area contributed by atoms with Gasteiger partial charge in [-0.05, 0) is 49.4 Å². The number of hydrogen-bond donors (Lipinski definition) is 1. The second-order valence-corrected chi connectivity index (χ2v) is 5.47. The Kier molecular flexibility index (Phi) is 5.18. The number of nitrogens with one attached hydrogen (secondary N) is 1. The number of hydrogen-bond acceptors (Lipinski definition) is 1. The first-order valence-corrected chi connectivity index (χ1v) is 7.25. The van der Waals surface area contributed by atoms with Crippen LogP contribution in [-0.2, 0) is 6.42 Å². The highest BCUT2D eigenvalue weighted by Gasteiger charge is 2.19. The van der Waals surface area contributed by atoms with Crippen molar-refractivity contribution >= 4 is 0 Å². The molecular formula is C16H24FN. The number of rotatable bonds is 5. The Hall–Kier alpha value is -0.890. The normalized spacial score (nSPS) is 24.1. The summed E-state index contributed by atoms with van der Waals surface area (Å²) in [7, 11) is 0. The van der Waals surface area contributed by atoms with Crippen molar-refractivity contribution < 1.29 is 4.39 Å². The van der Waals surface area contributed by atoms with Gasteiger partial charge in [0.15, 0.2) is 0 Å². The van der Waals surface area contributed by atoms with Gasteiger partial charge in [-0.25, -0.2) is 4.39 Å². The molecule has 1 nitrogen and oxygen atoms in total. The van der Waals surface area contributed by atoms with Gasteiger partial charge in [0.2, 0.25) is 0 Å². The van der Waals surface area contributed by atoms with Crippen LogP contribution in [0.5, 0.6) is 0 Å². The molecule has 0 spiro atoms. The average Bonchev–Trinajstić information content (AvgIpc) is 2.41. The molecule has 1 fully saturated rings. The lowest BCUT2D eigenvalue weighted by molar-refractivity contribution is 0.280. The van der Waals surface area contributed by atoms with E-state index in [1.54, 1.807) is 12.1 Å². The third-order valence-electron chi connectivity index (χ3n) is 4.12. The van der Waals surface area contributed by atoms with E-state index in [2.05, 4.69) is 12.2 Å². The Balaban J connectivity index is 1.70. The van der Waals surface area contributed by atoms with Crippen LogP contribution >= 0.6 is 0 Å². The minimum absolute atomic E-state index is 0.148. The van der Waals surface area contributed by atoms with Crippen molar-refractivity contribution in [3.8, 4) is 0 Å². The highest BCUT2D eigenvalue weighted by Crippen LogP contribution is 2.26. The van der Waals surface area contributed by atoms with Gasteiger partial charge in [0, 0.05) is 6.04 Å². The maximum atomic E-state index is 12.8. The van der Waals surface area contributed by atoms with E-state index in [0.717, 1.165) is 18.9 Å². The van der Waals surface area contributed by atoms with E-state index >= 15 is 0 Å². The van der Waals surface area contributed by atoms with E-state index in [-0.39, 0.29) is 5.82 Å². The highest BCUT2D eigenvalue weighted by molar-refractivity contribution is 5.16. The summed E-state index contributed by atoms with van der Waals surface area (Å²) in [5.74, 6) is 0.770. The molecule has 0 aliphatic heterocycles. The molecule has 0 radical (unpaired) electrons. The van der Waals surface area contributed by atoms with Crippen LogP contribution in [0.4, 0.5) is 4.39 Å². The maximum absolute atomic E-state index is 12.8. The summed E-state index contributed by atoms with van der Waals surface area (Å²) >= 11 is 0. The molecule has 1 aliphatic carbocycles. The van der Waals surface area contributed by atoms with Crippen LogP contribution in [0.15, 0.2) is 24.3 Å². The Bertz CT molecular complexity index is 347. The zero-order valence-corrected chi connectivity index (χ0v) is 11.3. The molecule has 0 amide bonds. The van der Waals surface area contributed by atoms with Gasteiger partial charge in [-0.3, -0.25) is 0 Å². The van der Waals surface area contributed by atoms with Crippen LogP contribution in [0.2, 0.25) is 0 Å². The van der Waals surface area contributed by atoms with E-state index in [9.17, 15) is 4.39 Å². The molecule has 0 saturated heterocycles. The summed E-state index contributed by atoms with van der Waals surface area (Å²) in [5, 5.41) is 3.66. The molecule has 100 valence electrons. The molecule has 2 heteroatoms. The minimum Gasteiger partial charge on any atom is -0.314 e. The van der Waals surface area contributed by atoms with Crippen molar-refractivity contribution in [2.45, 2.75) is 51.5 Å². The standard InChI is InChI=1S/C16H24FN/c1-2-13-4-3-5-16(12-13)18-11-10-14-6-8-15(17)9-7-14/h6-9,13,16,18H,2-5,10-12H2,1H3. The lowest BCUT2D eigenvalue weighted by Crippen LogP contribution is -2.35. The highest BCUT2D eigenvalue weighted by atomic mass is 19.1. The van der Waals surface area contributed by atoms with Crippen molar-refractivity contribution in [3.05, 3.63) is 35.6 Å². The van der Waals surface area contributed by atoms with Crippen LogP contribution in [0.3, 0.4) is 0 Å². The lowest BCUT2D eigenvalue weighted by Gasteiger charge is -2.29. The molecule has 2 unspecified atom stereocenters. The molecule has 2 rings (SSSR count). The molecule has 18 heavy (non-hydrogen) atoms. The van der Waals surface area contributed by atoms with E-state index in [1.165, 1.54) is 37.7 Å². The Morgan fingerprint density at radius 3 is 2.72 bits per heavy atom. The Morgan fingerprint density at radius 2 is 2.00 bits per heavy atom. The van der Waals surface area contributed by atoms with Crippen molar-refractivity contribution in [3.63, 3.8) is 0 Å². The largest absolute Gasteiger partial charge is 0.314 e. The summed E-state index contributed by atoms with van der Waals surface area (Å²) in [6, 6.07) is 7.55. The number of benzene rings is 1. The number of halogens is 1. The van der Waals surface area contributed by atoms with Crippen molar-refractivity contribution in [1.29, 1.82) is 0 Å². The predicted octanol–water partition coefficient (Wildman–Crippen LogP) is 3.93. The molecular weight excluding hydrogens is 225 g/mol. The first-order chi connectivity index (χ1) is 8.78. The quantitative estimate of drug-likeness (QED) is 0.834. The molecule has 1 N–H and O–H groups in total. The molecule has 1 saturated carbocycles. The lowest BCUT2D eigenvalue weighted by atomic mass is 9.84. The van der Waals surface area contributed by atoms with E-state index < -0.39 is 0 Å². The summed E-state index contributed by atoms with van der Waals surface area (Å²) in [6.07, 6.45) is 7.74. The molecule has 1 aliphatic rings. The summed E-state index contributed by atoms with van der Waals surface area (Å²) in [6.45, 7) is 3.30. The van der Waals surface area contributed by atoms with Gasteiger partial charge in [0.05, 0.1) is 0 Å². The maximum Gasteiger partial charge on any atom is 0.123 e. The smallest absolute Gasteiger partial charge is 0.123 e. The molecule has 2 atom stereocenters. The SMILES string of the molecule is CCC1CCCC(NCCc2ccc(F)cc2)C1. The average molecular weight is 249 g/mol. The van der Waals surface area contributed by atoms with E-state index in [1.807, 2.05) is 12.1 Å². The van der Waals surface area contributed by atoms with Crippen molar-refractivity contribution in [1.82, 2.24) is 5.32 Å². The van der Waals surface area contributed by atoms with Gasteiger partial charge in [-0.15, -0.1) is 0 Å². The van der Waals surface area contributed by atoms with Gasteiger partial charge in [0.25, 0.3) is 0 Å². The Labute approximate surface area is 110 Å². The van der Waals surface area contributed by atoms with Crippen LogP contribution in [-0.4, -0.2) is 12.6 Å². The zero-order valence-electron chi connectivity index (χ0n) is 11.3. The van der Waals surface area contributed by atoms with Crippen LogP contribution < -0.4 is 5.32 Å². The fourth-order valence-corrected chi connectivity index (χ4v) is 2.92. The second kappa shape index (κ2) is 6.89. The van der Waals surface area contributed by atoms with Crippen LogP contribution in [0.1, 0.15) is 44.6 Å². The topological polar surface area (TPSA) is 12.0 Å². The van der Waals surface area contributed by atoms with Gasteiger partial charge in [-0.2, -0.15) is 0 Å². The summed E-state index contributed by atoms with van der Waals surface area (Å²) < 4.78 is 12.8. The van der Waals surface area contributed by atoms with Crippen LogP contribution in [0, 0.1) is 11.7 Å². The van der Waals surface area contributed by atoms with Gasteiger partial charge in [-0.1, -0.05) is 38.3 Å². The van der Waals surface area contributed by atoms with Gasteiger partial charge >= 0.3 is 0 Å². The molecule has 0 heterocycles. The van der Waals surface area contributed by atoms with E-state index in [4.69, 9.17) is 0 Å². The fourth-order valence-electron chi connectivity index (χ4n) is 2.92. The second-order valence-electron chi connectivity index (χ2n) is 5.47. The van der Waals surface area contributed by atoms with Crippen LogP contribution in [0.25, 0.3) is 0 Å². The van der Waals surface area contributed by atoms with Crippen molar-refractivity contribution in [2.75, 3.05) is 6.54 Å². The monoisotopic (exact) mass is 249 g/mol. The first-order valence-electron chi connectivity index (χ1n) is 7.25. The zero-order chi connectivity index (χ0) is 12.8. The third kappa shape index (κ3) is 4.09. The molecule has 1 aromatic carbocycles. The van der Waals surface area contributed by atoms with Crippen molar-refractivity contribution in [2.24, 2.45) is 5.92 Å². The summed E-state index contributed by atoms with van der Waals surface area (Å²) in [5.41, 5.74) is 1.21. The molecule has 0 bridgehead atoms. The summed E-state index contributed by atoms with van der Waals surface area (Å²) in [4.78, 5) is 0. The third-order valence-corrected chi connectivity index (χ3v) is 4.12. The predicted molar refractivity (Wildman–Crippen MR) is 74.1 cm³/mol. The Morgan fingerprint density at radius 1 is 1.22 bits per heavy atom. The fraction of sp³-hybridized carbons (Fsp3) is 0.625. The van der Waals surface area contributed by atoms with Gasteiger partial charge in [0.1, 0.15) is 5.82 Å². The van der Waals surface area contributed by atoms with Gasteiger partial charge < -0.3 is 5.32 Å². The molecule has 1 aromatic rings.